The Kier molecular flexibility index (Phi) is 4.62. The van der Waals surface area contributed by atoms with Gasteiger partial charge in [-0.25, -0.2) is 0 Å². The van der Waals surface area contributed by atoms with Crippen LogP contribution in [0.2, 0.25) is 0 Å². The normalized spacial score (nSPS) is 13.8. The van der Waals surface area contributed by atoms with Gasteiger partial charge in [-0.2, -0.15) is 0 Å². The molecule has 116 valence electrons. The second-order valence-electron chi connectivity index (χ2n) is 5.48. The van der Waals surface area contributed by atoms with Gasteiger partial charge in [0.1, 0.15) is 17.3 Å². The number of hydrogen-bond donors (Lipinski definition) is 0. The second-order valence-corrected chi connectivity index (χ2v) is 5.48. The minimum absolute atomic E-state index is 0.839. The zero-order valence-corrected chi connectivity index (χ0v) is 13.5. The fourth-order valence-electron chi connectivity index (χ4n) is 2.43. The molecular formula is C21H20O2. The van der Waals surface area contributed by atoms with Crippen LogP contribution in [0.15, 0.2) is 78.6 Å². The summed E-state index contributed by atoms with van der Waals surface area (Å²) >= 11 is 0. The summed E-state index contributed by atoms with van der Waals surface area (Å²) in [5.74, 6) is 2.59. The number of methoxy groups -OCH3 is 1. The van der Waals surface area contributed by atoms with Crippen molar-refractivity contribution in [3.8, 4) is 11.5 Å². The summed E-state index contributed by atoms with van der Waals surface area (Å²) in [6, 6.07) is 16.2. The molecule has 2 aromatic rings. The Bertz CT molecular complexity index is 747. The lowest BCUT2D eigenvalue weighted by molar-refractivity contribution is 0.306. The number of hydrogen-bond acceptors (Lipinski definition) is 2. The van der Waals surface area contributed by atoms with Crippen LogP contribution in [0.1, 0.15) is 17.5 Å². The molecule has 1 aliphatic carbocycles. The molecule has 0 heterocycles. The Labute approximate surface area is 137 Å². The zero-order valence-electron chi connectivity index (χ0n) is 13.5. The summed E-state index contributed by atoms with van der Waals surface area (Å²) in [5.41, 5.74) is 3.59. The van der Waals surface area contributed by atoms with Gasteiger partial charge in [-0.05, 0) is 60.9 Å². The van der Waals surface area contributed by atoms with Gasteiger partial charge in [0, 0.05) is 0 Å². The van der Waals surface area contributed by atoms with Crippen LogP contribution in [-0.2, 0) is 4.74 Å². The Balaban J connectivity index is 1.72. The second kappa shape index (κ2) is 7.01. The standard InChI is InChI=1S/C21H20O2/c1-16-6-11-20(12-7-16)23-21-14-9-18(10-15-21)17-4-3-5-19(22-2)13-8-17/h4-15H,3H2,1-2H3. The number of allylic oxidation sites excluding steroid dienone is 5. The molecule has 0 amide bonds. The molecule has 2 heteroatoms. The van der Waals surface area contributed by atoms with E-state index in [2.05, 4.69) is 37.3 Å². The first-order valence-corrected chi connectivity index (χ1v) is 7.72. The van der Waals surface area contributed by atoms with Crippen molar-refractivity contribution in [2.45, 2.75) is 13.3 Å². The summed E-state index contributed by atoms with van der Waals surface area (Å²) in [5, 5.41) is 0. The van der Waals surface area contributed by atoms with Gasteiger partial charge in [0.2, 0.25) is 0 Å². The van der Waals surface area contributed by atoms with E-state index in [-0.39, 0.29) is 0 Å². The van der Waals surface area contributed by atoms with Crippen LogP contribution in [0, 0.1) is 6.92 Å². The van der Waals surface area contributed by atoms with E-state index in [0.29, 0.717) is 0 Å². The van der Waals surface area contributed by atoms with Crippen molar-refractivity contribution < 1.29 is 9.47 Å². The highest BCUT2D eigenvalue weighted by Crippen LogP contribution is 2.26. The molecule has 1 aliphatic rings. The van der Waals surface area contributed by atoms with E-state index in [0.717, 1.165) is 23.7 Å². The fourth-order valence-corrected chi connectivity index (χ4v) is 2.43. The first-order valence-electron chi connectivity index (χ1n) is 7.72. The van der Waals surface area contributed by atoms with E-state index in [1.165, 1.54) is 16.7 Å². The van der Waals surface area contributed by atoms with Gasteiger partial charge >= 0.3 is 0 Å². The predicted octanol–water partition coefficient (Wildman–Crippen LogP) is 5.66. The topological polar surface area (TPSA) is 18.5 Å². The maximum atomic E-state index is 5.87. The maximum absolute atomic E-state index is 5.87. The Hall–Kier alpha value is -2.74. The van der Waals surface area contributed by atoms with Crippen LogP contribution in [0.25, 0.3) is 5.57 Å². The van der Waals surface area contributed by atoms with Gasteiger partial charge in [-0.3, -0.25) is 0 Å². The van der Waals surface area contributed by atoms with Gasteiger partial charge in [0.05, 0.1) is 7.11 Å². The molecule has 2 nitrogen and oxygen atoms in total. The molecule has 0 aliphatic heterocycles. The minimum atomic E-state index is 0.839. The van der Waals surface area contributed by atoms with Crippen molar-refractivity contribution in [2.24, 2.45) is 0 Å². The molecule has 0 N–H and O–H groups in total. The van der Waals surface area contributed by atoms with Gasteiger partial charge < -0.3 is 9.47 Å². The third-order valence-electron chi connectivity index (χ3n) is 3.76. The van der Waals surface area contributed by atoms with Gasteiger partial charge in [-0.1, -0.05) is 42.0 Å². The molecule has 0 saturated heterocycles. The highest BCUT2D eigenvalue weighted by Gasteiger charge is 2.03. The zero-order chi connectivity index (χ0) is 16.1. The van der Waals surface area contributed by atoms with Crippen LogP contribution in [-0.4, -0.2) is 7.11 Å². The number of rotatable bonds is 4. The van der Waals surface area contributed by atoms with Gasteiger partial charge in [0.15, 0.2) is 0 Å². The number of benzene rings is 2. The third kappa shape index (κ3) is 3.92. The lowest BCUT2D eigenvalue weighted by atomic mass is 10.0. The van der Waals surface area contributed by atoms with E-state index in [9.17, 15) is 0 Å². The van der Waals surface area contributed by atoms with Crippen molar-refractivity contribution in [1.82, 2.24) is 0 Å². The van der Waals surface area contributed by atoms with Gasteiger partial charge in [0.25, 0.3) is 0 Å². The third-order valence-corrected chi connectivity index (χ3v) is 3.76. The SMILES string of the molecule is COC1=CCC=C(c2ccc(Oc3ccc(C)cc3)cc2)C=C1. The van der Waals surface area contributed by atoms with E-state index in [1.54, 1.807) is 7.11 Å². The van der Waals surface area contributed by atoms with Crippen molar-refractivity contribution in [1.29, 1.82) is 0 Å². The average Bonchev–Trinajstić information content (AvgIpc) is 2.83. The molecule has 0 unspecified atom stereocenters. The Morgan fingerprint density at radius 3 is 2.09 bits per heavy atom. The molecule has 23 heavy (non-hydrogen) atoms. The summed E-state index contributed by atoms with van der Waals surface area (Å²) < 4.78 is 11.1. The fraction of sp³-hybridized carbons (Fsp3) is 0.143. The van der Waals surface area contributed by atoms with E-state index < -0.39 is 0 Å². The summed E-state index contributed by atoms with van der Waals surface area (Å²) in [7, 11) is 1.69. The van der Waals surface area contributed by atoms with E-state index >= 15 is 0 Å². The first-order chi connectivity index (χ1) is 11.2. The number of ether oxygens (including phenoxy) is 2. The van der Waals surface area contributed by atoms with Crippen molar-refractivity contribution >= 4 is 5.57 Å². The van der Waals surface area contributed by atoms with Crippen LogP contribution >= 0.6 is 0 Å². The molecule has 0 aromatic heterocycles. The lowest BCUT2D eigenvalue weighted by Gasteiger charge is -2.08. The molecule has 2 aromatic carbocycles. The summed E-state index contributed by atoms with van der Waals surface area (Å²) in [6.45, 7) is 2.07. The smallest absolute Gasteiger partial charge is 0.127 e. The van der Waals surface area contributed by atoms with Crippen molar-refractivity contribution in [3.63, 3.8) is 0 Å². The summed E-state index contributed by atoms with van der Waals surface area (Å²) in [4.78, 5) is 0. The van der Waals surface area contributed by atoms with E-state index in [1.807, 2.05) is 42.5 Å². The summed E-state index contributed by atoms with van der Waals surface area (Å²) in [6.07, 6.45) is 9.21. The highest BCUT2D eigenvalue weighted by atomic mass is 16.5. The molecule has 0 bridgehead atoms. The molecule has 0 atom stereocenters. The number of aryl methyl sites for hydroxylation is 1. The van der Waals surface area contributed by atoms with Crippen LogP contribution in [0.5, 0.6) is 11.5 Å². The van der Waals surface area contributed by atoms with Crippen molar-refractivity contribution in [3.05, 3.63) is 89.7 Å². The monoisotopic (exact) mass is 304 g/mol. The van der Waals surface area contributed by atoms with Crippen LogP contribution in [0.4, 0.5) is 0 Å². The first kappa shape index (κ1) is 15.2. The molecule has 0 spiro atoms. The van der Waals surface area contributed by atoms with Crippen LogP contribution in [0.3, 0.4) is 0 Å². The van der Waals surface area contributed by atoms with Crippen molar-refractivity contribution in [2.75, 3.05) is 7.11 Å². The minimum Gasteiger partial charge on any atom is -0.497 e. The maximum Gasteiger partial charge on any atom is 0.127 e. The predicted molar refractivity (Wildman–Crippen MR) is 94.5 cm³/mol. The Morgan fingerprint density at radius 1 is 0.783 bits per heavy atom. The largest absolute Gasteiger partial charge is 0.497 e. The molecule has 3 rings (SSSR count). The van der Waals surface area contributed by atoms with E-state index in [4.69, 9.17) is 9.47 Å². The highest BCUT2D eigenvalue weighted by molar-refractivity contribution is 5.75. The molecule has 0 saturated carbocycles. The lowest BCUT2D eigenvalue weighted by Crippen LogP contribution is -1.86. The molecule has 0 radical (unpaired) electrons. The van der Waals surface area contributed by atoms with Crippen LogP contribution < -0.4 is 4.74 Å². The Morgan fingerprint density at radius 2 is 1.43 bits per heavy atom. The quantitative estimate of drug-likeness (QED) is 0.725. The average molecular weight is 304 g/mol. The van der Waals surface area contributed by atoms with Gasteiger partial charge in [-0.15, -0.1) is 0 Å². The molecule has 0 fully saturated rings. The molecular weight excluding hydrogens is 284 g/mol.